The van der Waals surface area contributed by atoms with Crippen molar-refractivity contribution >= 4 is 23.1 Å². The van der Waals surface area contributed by atoms with Crippen LogP contribution >= 0.6 is 0 Å². The number of carbonyl (C=O) groups is 2. The summed E-state index contributed by atoms with van der Waals surface area (Å²) in [5, 5.41) is 17.6. The van der Waals surface area contributed by atoms with Gasteiger partial charge in [0, 0.05) is 18.6 Å². The van der Waals surface area contributed by atoms with E-state index in [1.807, 2.05) is 45.0 Å². The van der Waals surface area contributed by atoms with Crippen LogP contribution in [0.1, 0.15) is 65.2 Å². The molecule has 0 bridgehead atoms. The Labute approximate surface area is 195 Å². The summed E-state index contributed by atoms with van der Waals surface area (Å²) in [6.07, 6.45) is 1.65. The van der Waals surface area contributed by atoms with Crippen molar-refractivity contribution in [3.63, 3.8) is 0 Å². The number of fused-ring (bicyclic) bond motifs is 1. The molecule has 0 saturated carbocycles. The number of rotatable bonds is 10. The first-order valence-corrected chi connectivity index (χ1v) is 11.3. The van der Waals surface area contributed by atoms with E-state index in [0.29, 0.717) is 38.8 Å². The Morgan fingerprint density at radius 3 is 2.27 bits per heavy atom. The minimum Gasteiger partial charge on any atom is -0.480 e. The first-order chi connectivity index (χ1) is 15.4. The molecule has 2 aromatic rings. The molecule has 1 aromatic heterocycles. The van der Waals surface area contributed by atoms with Gasteiger partial charge in [0.1, 0.15) is 11.9 Å². The molecule has 2 rings (SSSR count). The van der Waals surface area contributed by atoms with Gasteiger partial charge in [-0.3, -0.25) is 4.79 Å². The van der Waals surface area contributed by atoms with E-state index in [1.165, 1.54) is 4.90 Å². The highest BCUT2D eigenvalue weighted by molar-refractivity contribution is 5.76. The number of aryl methyl sites for hydroxylation is 1. The molecule has 2 atom stereocenters. The second-order valence-electron chi connectivity index (χ2n) is 8.93. The lowest BCUT2D eigenvalue weighted by Gasteiger charge is -2.33. The zero-order chi connectivity index (χ0) is 25.2. The fourth-order valence-electron chi connectivity index (χ4n) is 3.49. The van der Waals surface area contributed by atoms with Gasteiger partial charge < -0.3 is 36.9 Å². The number of carboxylic acid groups (broad SMARTS) is 2. The van der Waals surface area contributed by atoms with Gasteiger partial charge in [-0.05, 0) is 72.1 Å². The lowest BCUT2D eigenvalue weighted by Crippen LogP contribution is -2.45. The van der Waals surface area contributed by atoms with Crippen molar-refractivity contribution in [3.05, 3.63) is 30.1 Å². The number of para-hydroxylation sites is 2. The van der Waals surface area contributed by atoms with Crippen molar-refractivity contribution in [2.24, 2.45) is 17.2 Å². The molecule has 8 N–H and O–H groups in total. The molecule has 33 heavy (non-hydrogen) atoms. The van der Waals surface area contributed by atoms with Gasteiger partial charge >= 0.3 is 12.1 Å². The standard InChI is InChI=1S/C18H28N4O2.C5H12N2O2/c1-5-21-15-11-7-6-10-14(15)20-16(21)13(19)9-8-12-22(17(23)24)18(2,3)4;6-3-1-2-4(7)5(8)9/h6-7,10-11,13H,5,8-9,12,19H2,1-4H3,(H,23,24);4H,1-3,6-7H2,(H,8,9). The highest BCUT2D eigenvalue weighted by Gasteiger charge is 2.26. The second-order valence-corrected chi connectivity index (χ2v) is 8.93. The molecule has 1 amide bonds. The van der Waals surface area contributed by atoms with Gasteiger partial charge in [0.25, 0.3) is 0 Å². The zero-order valence-electron chi connectivity index (χ0n) is 20.2. The maximum absolute atomic E-state index is 11.4. The van der Waals surface area contributed by atoms with Crippen molar-refractivity contribution in [3.8, 4) is 0 Å². The minimum atomic E-state index is -0.955. The third kappa shape index (κ3) is 8.64. The fraction of sp³-hybridized carbons (Fsp3) is 0.609. The number of hydrogen-bond donors (Lipinski definition) is 5. The van der Waals surface area contributed by atoms with E-state index in [2.05, 4.69) is 16.5 Å². The van der Waals surface area contributed by atoms with Crippen molar-refractivity contribution < 1.29 is 19.8 Å². The van der Waals surface area contributed by atoms with E-state index in [9.17, 15) is 14.7 Å². The van der Waals surface area contributed by atoms with Crippen LogP contribution in [0.4, 0.5) is 4.79 Å². The SMILES string of the molecule is CCn1c(C(N)CCCN(C(=O)O)C(C)(C)C)nc2ccccc21.NCCCC(N)C(=O)O. The van der Waals surface area contributed by atoms with E-state index in [0.717, 1.165) is 23.4 Å². The maximum atomic E-state index is 11.4. The van der Waals surface area contributed by atoms with Crippen LogP contribution < -0.4 is 17.2 Å². The van der Waals surface area contributed by atoms with E-state index in [-0.39, 0.29) is 6.04 Å². The predicted molar refractivity (Wildman–Crippen MR) is 130 cm³/mol. The van der Waals surface area contributed by atoms with Gasteiger partial charge in [0.05, 0.1) is 17.1 Å². The fourth-order valence-corrected chi connectivity index (χ4v) is 3.49. The Balaban J connectivity index is 0.000000513. The Hall–Kier alpha value is -2.69. The second kappa shape index (κ2) is 13.1. The van der Waals surface area contributed by atoms with Crippen molar-refractivity contribution in [2.45, 2.75) is 77.5 Å². The van der Waals surface area contributed by atoms with E-state index >= 15 is 0 Å². The molecule has 0 fully saturated rings. The van der Waals surface area contributed by atoms with Gasteiger partial charge in [0.15, 0.2) is 0 Å². The summed E-state index contributed by atoms with van der Waals surface area (Å²) in [5.41, 5.74) is 18.3. The van der Waals surface area contributed by atoms with Crippen LogP contribution in [0.25, 0.3) is 11.0 Å². The molecule has 0 aliphatic carbocycles. The van der Waals surface area contributed by atoms with Crippen molar-refractivity contribution in [2.75, 3.05) is 13.1 Å². The minimum absolute atomic E-state index is 0.201. The van der Waals surface area contributed by atoms with E-state index in [4.69, 9.17) is 22.3 Å². The average Bonchev–Trinajstić information content (AvgIpc) is 3.12. The van der Waals surface area contributed by atoms with Crippen molar-refractivity contribution in [1.29, 1.82) is 0 Å². The molecule has 2 unspecified atom stereocenters. The largest absolute Gasteiger partial charge is 0.480 e. The number of aliphatic carboxylic acids is 1. The summed E-state index contributed by atoms with van der Waals surface area (Å²) in [6.45, 7) is 9.56. The number of aromatic nitrogens is 2. The number of benzene rings is 1. The van der Waals surface area contributed by atoms with Gasteiger partial charge in [-0.2, -0.15) is 0 Å². The van der Waals surface area contributed by atoms with Crippen LogP contribution in [-0.2, 0) is 11.3 Å². The Bertz CT molecular complexity index is 893. The number of nitrogens with zero attached hydrogens (tertiary/aromatic N) is 3. The first-order valence-electron chi connectivity index (χ1n) is 11.3. The number of imidazole rings is 1. The smallest absolute Gasteiger partial charge is 0.407 e. The molecule has 186 valence electrons. The number of hydrogen-bond acceptors (Lipinski definition) is 6. The summed E-state index contributed by atoms with van der Waals surface area (Å²) in [4.78, 5) is 27.6. The lowest BCUT2D eigenvalue weighted by atomic mass is 10.1. The monoisotopic (exact) mass is 464 g/mol. The normalized spacial score (nSPS) is 13.2. The molecule has 0 aliphatic heterocycles. The van der Waals surface area contributed by atoms with Crippen LogP contribution in [0.3, 0.4) is 0 Å². The molecule has 10 nitrogen and oxygen atoms in total. The highest BCUT2D eigenvalue weighted by atomic mass is 16.4. The molecule has 0 spiro atoms. The van der Waals surface area contributed by atoms with Gasteiger partial charge in [-0.25, -0.2) is 9.78 Å². The molecular formula is C23H40N6O4. The maximum Gasteiger partial charge on any atom is 0.407 e. The molecule has 1 aromatic carbocycles. The summed E-state index contributed by atoms with van der Waals surface area (Å²) in [6, 6.07) is 7.07. The van der Waals surface area contributed by atoms with Crippen molar-refractivity contribution in [1.82, 2.24) is 14.5 Å². The topological polar surface area (TPSA) is 174 Å². The Kier molecular flexibility index (Phi) is 11.3. The Morgan fingerprint density at radius 1 is 1.12 bits per heavy atom. The summed E-state index contributed by atoms with van der Waals surface area (Å²) in [5.74, 6) is -0.0835. The van der Waals surface area contributed by atoms with Crippen LogP contribution in [-0.4, -0.2) is 61.4 Å². The third-order valence-corrected chi connectivity index (χ3v) is 5.31. The molecule has 1 heterocycles. The number of nitrogens with two attached hydrogens (primary N) is 3. The predicted octanol–water partition coefficient (Wildman–Crippen LogP) is 2.75. The van der Waals surface area contributed by atoms with E-state index in [1.54, 1.807) is 0 Å². The van der Waals surface area contributed by atoms with Gasteiger partial charge in [-0.1, -0.05) is 12.1 Å². The van der Waals surface area contributed by atoms with Crippen LogP contribution in [0.15, 0.2) is 24.3 Å². The van der Waals surface area contributed by atoms with Gasteiger partial charge in [-0.15, -0.1) is 0 Å². The number of carboxylic acids is 1. The van der Waals surface area contributed by atoms with Crippen LogP contribution in [0, 0.1) is 0 Å². The first kappa shape index (κ1) is 28.3. The summed E-state index contributed by atoms with van der Waals surface area (Å²) >= 11 is 0. The van der Waals surface area contributed by atoms with Gasteiger partial charge in [0.2, 0.25) is 0 Å². The lowest BCUT2D eigenvalue weighted by molar-refractivity contribution is -0.138. The molecule has 0 saturated heterocycles. The summed E-state index contributed by atoms with van der Waals surface area (Å²) < 4.78 is 2.14. The quantitative estimate of drug-likeness (QED) is 0.357. The third-order valence-electron chi connectivity index (χ3n) is 5.31. The highest BCUT2D eigenvalue weighted by Crippen LogP contribution is 2.23. The molecule has 10 heteroatoms. The van der Waals surface area contributed by atoms with Crippen LogP contribution in [0.5, 0.6) is 0 Å². The molecular weight excluding hydrogens is 424 g/mol. The van der Waals surface area contributed by atoms with E-state index < -0.39 is 23.6 Å². The molecule has 0 aliphatic rings. The average molecular weight is 465 g/mol. The summed E-state index contributed by atoms with van der Waals surface area (Å²) in [7, 11) is 0. The number of amides is 1. The Morgan fingerprint density at radius 2 is 1.76 bits per heavy atom. The zero-order valence-corrected chi connectivity index (χ0v) is 20.2. The van der Waals surface area contributed by atoms with Crippen LogP contribution in [0.2, 0.25) is 0 Å². The molecule has 0 radical (unpaired) electrons.